The summed E-state index contributed by atoms with van der Waals surface area (Å²) < 4.78 is 16.3. The van der Waals surface area contributed by atoms with Gasteiger partial charge in [0.2, 0.25) is 18.5 Å². The lowest BCUT2D eigenvalue weighted by molar-refractivity contribution is 0.174. The number of aromatic nitrogens is 2. The first-order valence-electron chi connectivity index (χ1n) is 7.76. The predicted octanol–water partition coefficient (Wildman–Crippen LogP) is 4.16. The van der Waals surface area contributed by atoms with Crippen LogP contribution in [0.2, 0.25) is 0 Å². The van der Waals surface area contributed by atoms with Crippen LogP contribution in [0.5, 0.6) is 11.5 Å². The summed E-state index contributed by atoms with van der Waals surface area (Å²) in [6.45, 7) is 2.37. The van der Waals surface area contributed by atoms with E-state index in [1.165, 1.54) is 16.0 Å². The summed E-state index contributed by atoms with van der Waals surface area (Å²) in [5.41, 5.74) is 3.48. The monoisotopic (exact) mass is 338 g/mol. The van der Waals surface area contributed by atoms with Crippen molar-refractivity contribution in [1.29, 1.82) is 0 Å². The minimum atomic E-state index is 0.178. The summed E-state index contributed by atoms with van der Waals surface area (Å²) in [7, 11) is 0. The van der Waals surface area contributed by atoms with E-state index in [1.54, 1.807) is 11.8 Å². The first-order valence-corrected chi connectivity index (χ1v) is 8.64. The summed E-state index contributed by atoms with van der Waals surface area (Å²) >= 11 is 1.79. The van der Waals surface area contributed by atoms with Crippen LogP contribution in [-0.4, -0.2) is 16.9 Å². The quantitative estimate of drug-likeness (QED) is 0.699. The Bertz CT molecular complexity index is 938. The van der Waals surface area contributed by atoms with Crippen molar-refractivity contribution in [2.24, 2.45) is 0 Å². The molecule has 1 atom stereocenters. The smallest absolute Gasteiger partial charge is 0.240 e. The molecular formula is C18H14N2O3S. The fourth-order valence-electron chi connectivity index (χ4n) is 2.99. The molecule has 3 heterocycles. The van der Waals surface area contributed by atoms with Crippen molar-refractivity contribution >= 4 is 11.8 Å². The van der Waals surface area contributed by atoms with Crippen LogP contribution in [-0.2, 0) is 6.42 Å². The molecule has 1 aromatic heterocycles. The fourth-order valence-corrected chi connectivity index (χ4v) is 4.31. The molecule has 3 aromatic rings. The normalized spacial score (nSPS) is 18.0. The van der Waals surface area contributed by atoms with E-state index in [9.17, 15) is 0 Å². The molecular weight excluding hydrogens is 324 g/mol. The molecule has 120 valence electrons. The molecule has 0 saturated carbocycles. The van der Waals surface area contributed by atoms with Crippen LogP contribution >= 0.6 is 11.8 Å². The third-order valence-electron chi connectivity index (χ3n) is 4.25. The molecule has 0 spiro atoms. The van der Waals surface area contributed by atoms with Crippen LogP contribution in [0, 0.1) is 6.92 Å². The van der Waals surface area contributed by atoms with Crippen LogP contribution in [0.3, 0.4) is 0 Å². The van der Waals surface area contributed by atoms with Gasteiger partial charge in [0.15, 0.2) is 11.5 Å². The maximum atomic E-state index is 5.53. The Labute approximate surface area is 143 Å². The molecule has 2 aliphatic rings. The predicted molar refractivity (Wildman–Crippen MR) is 89.3 cm³/mol. The zero-order chi connectivity index (χ0) is 16.1. The Kier molecular flexibility index (Phi) is 3.06. The fraction of sp³-hybridized carbons (Fsp3) is 0.222. The van der Waals surface area contributed by atoms with Gasteiger partial charge < -0.3 is 14.0 Å². The van der Waals surface area contributed by atoms with E-state index in [1.807, 2.05) is 18.2 Å². The second kappa shape index (κ2) is 5.27. The van der Waals surface area contributed by atoms with Crippen molar-refractivity contribution in [1.82, 2.24) is 10.1 Å². The van der Waals surface area contributed by atoms with Gasteiger partial charge in [0.25, 0.3) is 0 Å². The van der Waals surface area contributed by atoms with Crippen LogP contribution in [0.25, 0.3) is 11.4 Å². The van der Waals surface area contributed by atoms with Crippen LogP contribution in [0.15, 0.2) is 45.8 Å². The van der Waals surface area contributed by atoms with Gasteiger partial charge >= 0.3 is 0 Å². The Morgan fingerprint density at radius 3 is 2.96 bits per heavy atom. The summed E-state index contributed by atoms with van der Waals surface area (Å²) in [5, 5.41) is 4.32. The van der Waals surface area contributed by atoms with Gasteiger partial charge in [-0.1, -0.05) is 22.9 Å². The van der Waals surface area contributed by atoms with E-state index in [-0.39, 0.29) is 12.0 Å². The Morgan fingerprint density at radius 1 is 1.08 bits per heavy atom. The third-order valence-corrected chi connectivity index (χ3v) is 5.53. The van der Waals surface area contributed by atoms with Crippen LogP contribution < -0.4 is 9.47 Å². The van der Waals surface area contributed by atoms with Crippen molar-refractivity contribution < 1.29 is 14.0 Å². The topological polar surface area (TPSA) is 57.4 Å². The van der Waals surface area contributed by atoms with E-state index in [0.717, 1.165) is 23.5 Å². The molecule has 24 heavy (non-hydrogen) atoms. The lowest BCUT2D eigenvalue weighted by atomic mass is 10.1. The maximum absolute atomic E-state index is 5.53. The summed E-state index contributed by atoms with van der Waals surface area (Å²) in [6, 6.07) is 12.2. The van der Waals surface area contributed by atoms with Gasteiger partial charge in [0.1, 0.15) is 0 Å². The Hall–Kier alpha value is -2.47. The third kappa shape index (κ3) is 2.26. The summed E-state index contributed by atoms with van der Waals surface area (Å²) in [5.74, 6) is 2.72. The molecule has 0 aliphatic carbocycles. The molecule has 0 bridgehead atoms. The maximum Gasteiger partial charge on any atom is 0.240 e. The standard InChI is InChI=1S/C18H14N2O3S/c1-10-2-3-11-8-16(24-15(11)6-10)18-19-17(20-23-18)12-4-5-13-14(7-12)22-9-21-13/h2-7,16H,8-9H2,1H3. The molecule has 0 amide bonds. The number of hydrogen-bond donors (Lipinski definition) is 0. The number of rotatable bonds is 2. The number of benzene rings is 2. The van der Waals surface area contributed by atoms with Crippen molar-refractivity contribution in [3.63, 3.8) is 0 Å². The van der Waals surface area contributed by atoms with Gasteiger partial charge in [-0.15, -0.1) is 11.8 Å². The van der Waals surface area contributed by atoms with E-state index >= 15 is 0 Å². The Balaban J connectivity index is 1.42. The number of nitrogens with zero attached hydrogens (tertiary/aromatic N) is 2. The van der Waals surface area contributed by atoms with Gasteiger partial charge in [-0.05, 0) is 43.2 Å². The average Bonchev–Trinajstić information content (AvgIpc) is 3.31. The van der Waals surface area contributed by atoms with Crippen LogP contribution in [0.1, 0.15) is 22.3 Å². The van der Waals surface area contributed by atoms with Crippen molar-refractivity contribution in [3.8, 4) is 22.9 Å². The van der Waals surface area contributed by atoms with E-state index in [4.69, 9.17) is 14.0 Å². The lowest BCUT2D eigenvalue weighted by Gasteiger charge is -2.00. The number of hydrogen-bond acceptors (Lipinski definition) is 6. The second-order valence-electron chi connectivity index (χ2n) is 5.95. The highest BCUT2D eigenvalue weighted by molar-refractivity contribution is 7.99. The van der Waals surface area contributed by atoms with E-state index in [0.29, 0.717) is 11.7 Å². The molecule has 5 rings (SSSR count). The minimum Gasteiger partial charge on any atom is -0.454 e. The number of ether oxygens (including phenoxy) is 2. The molecule has 5 nitrogen and oxygen atoms in total. The molecule has 0 N–H and O–H groups in total. The minimum absolute atomic E-state index is 0.178. The largest absolute Gasteiger partial charge is 0.454 e. The SMILES string of the molecule is Cc1ccc2c(c1)SC(c1nc(-c3ccc4c(c3)OCO4)no1)C2. The lowest BCUT2D eigenvalue weighted by Crippen LogP contribution is -1.93. The zero-order valence-corrected chi connectivity index (χ0v) is 13.8. The van der Waals surface area contributed by atoms with Crippen LogP contribution in [0.4, 0.5) is 0 Å². The van der Waals surface area contributed by atoms with E-state index < -0.39 is 0 Å². The number of fused-ring (bicyclic) bond motifs is 2. The van der Waals surface area contributed by atoms with E-state index in [2.05, 4.69) is 35.3 Å². The highest BCUT2D eigenvalue weighted by Gasteiger charge is 2.28. The summed E-state index contributed by atoms with van der Waals surface area (Å²) in [4.78, 5) is 5.91. The van der Waals surface area contributed by atoms with Gasteiger partial charge in [-0.2, -0.15) is 4.98 Å². The van der Waals surface area contributed by atoms with Gasteiger partial charge in [0.05, 0.1) is 5.25 Å². The first-order chi connectivity index (χ1) is 11.8. The molecule has 0 fully saturated rings. The molecule has 6 heteroatoms. The molecule has 2 aliphatic heterocycles. The second-order valence-corrected chi connectivity index (χ2v) is 7.19. The molecule has 0 saturated heterocycles. The van der Waals surface area contributed by atoms with Gasteiger partial charge in [0, 0.05) is 10.5 Å². The summed E-state index contributed by atoms with van der Waals surface area (Å²) in [6.07, 6.45) is 0.920. The molecule has 2 aromatic carbocycles. The van der Waals surface area contributed by atoms with Crippen molar-refractivity contribution in [2.75, 3.05) is 6.79 Å². The zero-order valence-electron chi connectivity index (χ0n) is 13.0. The Morgan fingerprint density at radius 2 is 2.00 bits per heavy atom. The number of aryl methyl sites for hydroxylation is 1. The molecule has 1 unspecified atom stereocenters. The van der Waals surface area contributed by atoms with Gasteiger partial charge in [-0.3, -0.25) is 0 Å². The van der Waals surface area contributed by atoms with Crippen molar-refractivity contribution in [3.05, 3.63) is 53.4 Å². The van der Waals surface area contributed by atoms with Crippen molar-refractivity contribution in [2.45, 2.75) is 23.5 Å². The highest BCUT2D eigenvalue weighted by atomic mass is 32.2. The highest BCUT2D eigenvalue weighted by Crippen LogP contribution is 2.46. The average molecular weight is 338 g/mol. The van der Waals surface area contributed by atoms with Gasteiger partial charge in [-0.25, -0.2) is 0 Å². The number of thioether (sulfide) groups is 1. The molecule has 0 radical (unpaired) electrons. The first kappa shape index (κ1) is 13.9.